The average molecular weight is 410 g/mol. The highest BCUT2D eigenvalue weighted by molar-refractivity contribution is 7.16. The number of hydrogen-bond donors (Lipinski definition) is 1. The van der Waals surface area contributed by atoms with Crippen LogP contribution >= 0.6 is 22.9 Å². The lowest BCUT2D eigenvalue weighted by molar-refractivity contribution is 0.0834. The van der Waals surface area contributed by atoms with Crippen LogP contribution in [0.15, 0.2) is 35.1 Å². The quantitative estimate of drug-likeness (QED) is 0.670. The van der Waals surface area contributed by atoms with Crippen LogP contribution in [-0.2, 0) is 11.3 Å². The SMILES string of the molecule is O=C(c1ccoc1)n1nc(C2CCOCC2)c(F)c1NCc1ccc(Cl)s1. The van der Waals surface area contributed by atoms with E-state index in [0.29, 0.717) is 48.2 Å². The summed E-state index contributed by atoms with van der Waals surface area (Å²) in [4.78, 5) is 13.7. The van der Waals surface area contributed by atoms with E-state index in [-0.39, 0.29) is 11.7 Å². The van der Waals surface area contributed by atoms with Gasteiger partial charge in [-0.15, -0.1) is 11.3 Å². The highest BCUT2D eigenvalue weighted by Crippen LogP contribution is 2.32. The molecule has 142 valence electrons. The molecule has 3 aromatic rings. The second kappa shape index (κ2) is 7.84. The molecule has 0 aromatic carbocycles. The lowest BCUT2D eigenvalue weighted by Gasteiger charge is -2.20. The van der Waals surface area contributed by atoms with E-state index in [2.05, 4.69) is 10.4 Å². The van der Waals surface area contributed by atoms with Crippen molar-refractivity contribution in [1.29, 1.82) is 0 Å². The molecule has 0 saturated carbocycles. The number of nitrogens with zero attached hydrogens (tertiary/aromatic N) is 2. The predicted octanol–water partition coefficient (Wildman–Crippen LogP) is 4.52. The Labute approximate surface area is 163 Å². The summed E-state index contributed by atoms with van der Waals surface area (Å²) in [6, 6.07) is 5.16. The third-order valence-corrected chi connectivity index (χ3v) is 5.71. The molecule has 6 nitrogen and oxygen atoms in total. The van der Waals surface area contributed by atoms with Gasteiger partial charge >= 0.3 is 0 Å². The van der Waals surface area contributed by atoms with Gasteiger partial charge in [-0.2, -0.15) is 9.78 Å². The van der Waals surface area contributed by atoms with Gasteiger partial charge in [0.1, 0.15) is 12.0 Å². The Hall–Kier alpha value is -2.16. The van der Waals surface area contributed by atoms with Gasteiger partial charge in [0.15, 0.2) is 11.6 Å². The summed E-state index contributed by atoms with van der Waals surface area (Å²) >= 11 is 7.35. The fourth-order valence-electron chi connectivity index (χ4n) is 3.07. The van der Waals surface area contributed by atoms with Crippen molar-refractivity contribution in [3.05, 3.63) is 57.0 Å². The molecule has 0 atom stereocenters. The fourth-order valence-corrected chi connectivity index (χ4v) is 4.10. The molecule has 1 N–H and O–H groups in total. The van der Waals surface area contributed by atoms with E-state index < -0.39 is 11.7 Å². The lowest BCUT2D eigenvalue weighted by Crippen LogP contribution is -2.18. The first-order valence-electron chi connectivity index (χ1n) is 8.54. The first kappa shape index (κ1) is 18.2. The molecule has 4 rings (SSSR count). The maximum Gasteiger partial charge on any atom is 0.283 e. The summed E-state index contributed by atoms with van der Waals surface area (Å²) < 4.78 is 27.3. The van der Waals surface area contributed by atoms with Crippen molar-refractivity contribution in [2.24, 2.45) is 0 Å². The Morgan fingerprint density at radius 1 is 1.37 bits per heavy atom. The van der Waals surface area contributed by atoms with Crippen LogP contribution in [0.5, 0.6) is 0 Å². The minimum atomic E-state index is -0.499. The molecule has 0 bridgehead atoms. The number of rotatable bonds is 5. The first-order chi connectivity index (χ1) is 13.1. The number of carbonyl (C=O) groups is 1. The maximum absolute atomic E-state index is 15.2. The van der Waals surface area contributed by atoms with Crippen LogP contribution in [0.25, 0.3) is 0 Å². The van der Waals surface area contributed by atoms with Crippen LogP contribution in [0.2, 0.25) is 4.34 Å². The summed E-state index contributed by atoms with van der Waals surface area (Å²) in [7, 11) is 0. The number of thiophene rings is 1. The van der Waals surface area contributed by atoms with Crippen molar-refractivity contribution in [3.8, 4) is 0 Å². The zero-order chi connectivity index (χ0) is 18.8. The van der Waals surface area contributed by atoms with Gasteiger partial charge in [0, 0.05) is 24.0 Å². The number of aromatic nitrogens is 2. The first-order valence-corrected chi connectivity index (χ1v) is 9.74. The van der Waals surface area contributed by atoms with Gasteiger partial charge < -0.3 is 14.5 Å². The largest absolute Gasteiger partial charge is 0.472 e. The molecule has 0 radical (unpaired) electrons. The Kier molecular flexibility index (Phi) is 5.29. The molecule has 27 heavy (non-hydrogen) atoms. The maximum atomic E-state index is 15.2. The van der Waals surface area contributed by atoms with Crippen LogP contribution in [0.3, 0.4) is 0 Å². The van der Waals surface area contributed by atoms with Crippen molar-refractivity contribution in [2.45, 2.75) is 25.3 Å². The Morgan fingerprint density at radius 2 is 2.19 bits per heavy atom. The van der Waals surface area contributed by atoms with Gasteiger partial charge in [0.25, 0.3) is 5.91 Å². The summed E-state index contributed by atoms with van der Waals surface area (Å²) in [6.07, 6.45) is 4.06. The number of ether oxygens (including phenoxy) is 1. The smallest absolute Gasteiger partial charge is 0.283 e. The number of anilines is 1. The van der Waals surface area contributed by atoms with E-state index in [0.717, 1.165) is 9.56 Å². The van der Waals surface area contributed by atoms with E-state index in [9.17, 15) is 4.79 Å². The molecule has 1 saturated heterocycles. The van der Waals surface area contributed by atoms with E-state index in [4.69, 9.17) is 20.8 Å². The second-order valence-electron chi connectivity index (χ2n) is 6.22. The normalized spacial score (nSPS) is 15.2. The number of hydrogen-bond acceptors (Lipinski definition) is 6. The Morgan fingerprint density at radius 3 is 2.85 bits per heavy atom. The highest BCUT2D eigenvalue weighted by atomic mass is 35.5. The molecular weight excluding hydrogens is 393 g/mol. The zero-order valence-corrected chi connectivity index (χ0v) is 15.9. The zero-order valence-electron chi connectivity index (χ0n) is 14.3. The van der Waals surface area contributed by atoms with Crippen LogP contribution < -0.4 is 5.32 Å². The third-order valence-electron chi connectivity index (χ3n) is 4.48. The molecular formula is C18H17ClFN3O3S. The summed E-state index contributed by atoms with van der Waals surface area (Å²) in [6.45, 7) is 1.46. The molecule has 0 spiro atoms. The molecule has 1 aliphatic heterocycles. The van der Waals surface area contributed by atoms with Gasteiger partial charge in [-0.05, 0) is 31.0 Å². The van der Waals surface area contributed by atoms with E-state index in [1.807, 2.05) is 6.07 Å². The van der Waals surface area contributed by atoms with Crippen molar-refractivity contribution in [1.82, 2.24) is 9.78 Å². The molecule has 9 heteroatoms. The Bertz CT molecular complexity index is 932. The summed E-state index contributed by atoms with van der Waals surface area (Å²) in [5, 5.41) is 7.32. The van der Waals surface area contributed by atoms with Crippen LogP contribution in [0, 0.1) is 5.82 Å². The minimum absolute atomic E-state index is 0.0483. The monoisotopic (exact) mass is 409 g/mol. The topological polar surface area (TPSA) is 69.3 Å². The van der Waals surface area contributed by atoms with Gasteiger partial charge in [-0.3, -0.25) is 4.79 Å². The van der Waals surface area contributed by atoms with Crippen molar-refractivity contribution in [2.75, 3.05) is 18.5 Å². The van der Waals surface area contributed by atoms with Gasteiger partial charge in [0.05, 0.1) is 22.7 Å². The average Bonchev–Trinajstić information content (AvgIpc) is 3.41. The highest BCUT2D eigenvalue weighted by Gasteiger charge is 2.29. The van der Waals surface area contributed by atoms with Crippen LogP contribution in [0.4, 0.5) is 10.2 Å². The fraction of sp³-hybridized carbons (Fsp3) is 0.333. The molecule has 1 fully saturated rings. The van der Waals surface area contributed by atoms with Crippen molar-refractivity contribution in [3.63, 3.8) is 0 Å². The molecule has 0 amide bonds. The second-order valence-corrected chi connectivity index (χ2v) is 8.02. The number of carbonyl (C=O) groups excluding carboxylic acids is 1. The van der Waals surface area contributed by atoms with E-state index >= 15 is 4.39 Å². The van der Waals surface area contributed by atoms with Crippen molar-refractivity contribution < 1.29 is 18.3 Å². The minimum Gasteiger partial charge on any atom is -0.472 e. The third kappa shape index (κ3) is 3.78. The van der Waals surface area contributed by atoms with Crippen molar-refractivity contribution >= 4 is 34.7 Å². The molecule has 0 aliphatic carbocycles. The number of furan rings is 1. The molecule has 3 aromatic heterocycles. The standard InChI is InChI=1S/C18H17ClFN3O3S/c19-14-2-1-13(27-14)9-21-17-15(20)16(11-3-6-25-7-4-11)22-23(17)18(24)12-5-8-26-10-12/h1-2,5,8,10-11,21H,3-4,6-7,9H2. The van der Waals surface area contributed by atoms with E-state index in [1.165, 1.54) is 29.9 Å². The predicted molar refractivity (Wildman–Crippen MR) is 100 cm³/mol. The van der Waals surface area contributed by atoms with Gasteiger partial charge in [-0.25, -0.2) is 4.39 Å². The molecule has 4 heterocycles. The van der Waals surface area contributed by atoms with Gasteiger partial charge in [-0.1, -0.05) is 11.6 Å². The molecule has 0 unspecified atom stereocenters. The Balaban J connectivity index is 1.67. The number of nitrogens with one attached hydrogen (secondary N) is 1. The summed E-state index contributed by atoms with van der Waals surface area (Å²) in [5.74, 6) is -0.977. The lowest BCUT2D eigenvalue weighted by atomic mass is 9.96. The molecule has 1 aliphatic rings. The van der Waals surface area contributed by atoms with E-state index in [1.54, 1.807) is 6.07 Å². The van der Waals surface area contributed by atoms with Crippen LogP contribution in [0.1, 0.15) is 39.7 Å². The van der Waals surface area contributed by atoms with Crippen LogP contribution in [-0.4, -0.2) is 28.9 Å². The number of halogens is 2. The van der Waals surface area contributed by atoms with Gasteiger partial charge in [0.2, 0.25) is 0 Å². The summed E-state index contributed by atoms with van der Waals surface area (Å²) in [5.41, 5.74) is 0.597.